The highest BCUT2D eigenvalue weighted by Gasteiger charge is 1.96. The average molecular weight is 285 g/mol. The molecule has 1 aromatic carbocycles. The molecule has 0 N–H and O–H groups in total. The summed E-state index contributed by atoms with van der Waals surface area (Å²) >= 11 is 0. The molecular weight excluding hydrogens is 260 g/mol. The summed E-state index contributed by atoms with van der Waals surface area (Å²) in [6.07, 6.45) is 10.9. The molecule has 0 bridgehead atoms. The Morgan fingerprint density at radius 2 is 1.39 bits per heavy atom. The number of aryl methyl sites for hydroxylation is 1. The second-order valence-corrected chi connectivity index (χ2v) is 6.10. The summed E-state index contributed by atoms with van der Waals surface area (Å²) in [5, 5.41) is 0. The Kier molecular flexibility index (Phi) is 9.51. The highest BCUT2D eigenvalue weighted by Crippen LogP contribution is 2.17. The fourth-order valence-corrected chi connectivity index (χ4v) is 2.85. The van der Waals surface area contributed by atoms with Crippen LogP contribution in [0.1, 0.15) is 63.0 Å². The third-order valence-electron chi connectivity index (χ3n) is 3.31. The van der Waals surface area contributed by atoms with E-state index in [0.29, 0.717) is 0 Å². The van der Waals surface area contributed by atoms with Crippen LogP contribution in [0, 0.1) is 0 Å². The van der Waals surface area contributed by atoms with Crippen LogP contribution in [0.2, 0.25) is 0 Å². The van der Waals surface area contributed by atoms with Gasteiger partial charge in [-0.2, -0.15) is 0 Å². The number of unbranched alkanes of at least 4 members (excludes halogenated alkanes) is 6. The lowest BCUT2D eigenvalue weighted by atomic mass is 10.0. The molecule has 2 heteroatoms. The van der Waals surface area contributed by atoms with E-state index in [-0.39, 0.29) is 0 Å². The van der Waals surface area contributed by atoms with E-state index in [4.69, 9.17) is 10.7 Å². The van der Waals surface area contributed by atoms with Gasteiger partial charge in [0.2, 0.25) is 0 Å². The molecule has 0 saturated carbocycles. The van der Waals surface area contributed by atoms with E-state index in [1.54, 1.807) is 0 Å². The van der Waals surface area contributed by atoms with Crippen molar-refractivity contribution in [3.8, 4) is 0 Å². The van der Waals surface area contributed by atoms with Gasteiger partial charge in [0, 0.05) is 5.75 Å². The Morgan fingerprint density at radius 3 is 2.00 bits per heavy atom. The number of halogens is 1. The summed E-state index contributed by atoms with van der Waals surface area (Å²) in [7, 11) is 7.01. The van der Waals surface area contributed by atoms with Crippen LogP contribution in [0.5, 0.6) is 0 Å². The molecule has 0 spiro atoms. The van der Waals surface area contributed by atoms with Crippen molar-refractivity contribution in [1.29, 1.82) is 0 Å². The summed E-state index contributed by atoms with van der Waals surface area (Å²) in [5.41, 5.74) is 2.78. The lowest BCUT2D eigenvalue weighted by Gasteiger charge is -2.03. The molecule has 0 saturated heterocycles. The van der Waals surface area contributed by atoms with E-state index < -0.39 is 0 Å². The van der Waals surface area contributed by atoms with Crippen LogP contribution in [-0.4, -0.2) is 0 Å². The van der Waals surface area contributed by atoms with Crippen molar-refractivity contribution in [2.45, 2.75) is 64.0 Å². The van der Waals surface area contributed by atoms with E-state index in [0.717, 1.165) is 5.75 Å². The predicted octanol–water partition coefficient (Wildman–Crippen LogP) is 6.37. The van der Waals surface area contributed by atoms with E-state index in [1.807, 2.05) is 0 Å². The van der Waals surface area contributed by atoms with Crippen molar-refractivity contribution >= 4 is 21.7 Å². The minimum atomic E-state index is 0.902. The molecule has 0 fully saturated rings. The van der Waals surface area contributed by atoms with Gasteiger partial charge < -0.3 is 0 Å². The number of benzene rings is 1. The average Bonchev–Trinajstić information content (AvgIpc) is 2.40. The van der Waals surface area contributed by atoms with Gasteiger partial charge in [-0.05, 0) is 34.7 Å². The summed E-state index contributed by atoms with van der Waals surface area (Å²) < 4.78 is 0. The number of rotatable bonds is 10. The molecular formula is C16H25ClS. The topological polar surface area (TPSA) is 0 Å². The van der Waals surface area contributed by atoms with Crippen LogP contribution in [-0.2, 0) is 12.2 Å². The zero-order valence-corrected chi connectivity index (χ0v) is 13.0. The molecule has 0 heterocycles. The third kappa shape index (κ3) is 7.33. The molecule has 0 amide bonds. The molecule has 0 radical (unpaired) electrons. The minimum Gasteiger partial charge on any atom is -0.0654 e. The molecule has 0 nitrogen and oxygen atoms in total. The molecule has 102 valence electrons. The van der Waals surface area contributed by atoms with E-state index in [9.17, 15) is 0 Å². The standard InChI is InChI=1S/C16H25ClS/c1-2-3-4-5-6-7-8-9-15-10-12-16(13-11-15)14-18-17/h10-13H,2-9,14H2,1H3. The highest BCUT2D eigenvalue weighted by atomic mass is 35.7. The summed E-state index contributed by atoms with van der Waals surface area (Å²) in [5.74, 6) is 0.902. The molecule has 1 rings (SSSR count). The lowest BCUT2D eigenvalue weighted by Crippen LogP contribution is -1.87. The smallest absolute Gasteiger partial charge is 0.0336 e. The van der Waals surface area contributed by atoms with Gasteiger partial charge in [0.15, 0.2) is 0 Å². The Labute approximate surface area is 121 Å². The fourth-order valence-electron chi connectivity index (χ4n) is 2.15. The quantitative estimate of drug-likeness (QED) is 0.450. The first-order valence-corrected chi connectivity index (χ1v) is 8.99. The van der Waals surface area contributed by atoms with Gasteiger partial charge in [-0.3, -0.25) is 0 Å². The summed E-state index contributed by atoms with van der Waals surface area (Å²) in [6.45, 7) is 2.27. The van der Waals surface area contributed by atoms with Gasteiger partial charge in [-0.1, -0.05) is 80.7 Å². The normalized spacial score (nSPS) is 10.8. The Hall–Kier alpha value is -0.140. The van der Waals surface area contributed by atoms with Gasteiger partial charge in [0.1, 0.15) is 0 Å². The highest BCUT2D eigenvalue weighted by molar-refractivity contribution is 8.20. The van der Waals surface area contributed by atoms with Crippen molar-refractivity contribution in [2.24, 2.45) is 0 Å². The summed E-state index contributed by atoms with van der Waals surface area (Å²) in [6, 6.07) is 8.90. The van der Waals surface area contributed by atoms with Crippen LogP contribution < -0.4 is 0 Å². The Balaban J connectivity index is 2.08. The molecule has 1 aromatic rings. The van der Waals surface area contributed by atoms with Gasteiger partial charge in [-0.25, -0.2) is 0 Å². The van der Waals surface area contributed by atoms with Crippen molar-refractivity contribution < 1.29 is 0 Å². The van der Waals surface area contributed by atoms with Crippen LogP contribution in [0.15, 0.2) is 24.3 Å². The molecule has 0 aliphatic heterocycles. The van der Waals surface area contributed by atoms with Gasteiger partial charge in [0.05, 0.1) is 0 Å². The Bertz CT molecular complexity index is 294. The first kappa shape index (κ1) is 15.9. The number of hydrogen-bond acceptors (Lipinski definition) is 1. The Morgan fingerprint density at radius 1 is 0.833 bits per heavy atom. The first-order chi connectivity index (χ1) is 8.86. The van der Waals surface area contributed by atoms with E-state index in [1.165, 1.54) is 73.5 Å². The molecule has 0 aromatic heterocycles. The minimum absolute atomic E-state index is 0.902. The zero-order valence-electron chi connectivity index (χ0n) is 11.5. The first-order valence-electron chi connectivity index (χ1n) is 7.18. The monoisotopic (exact) mass is 284 g/mol. The maximum Gasteiger partial charge on any atom is 0.0336 e. The predicted molar refractivity (Wildman–Crippen MR) is 85.3 cm³/mol. The maximum atomic E-state index is 5.65. The lowest BCUT2D eigenvalue weighted by molar-refractivity contribution is 0.589. The van der Waals surface area contributed by atoms with Gasteiger partial charge in [-0.15, -0.1) is 0 Å². The molecule has 0 aliphatic rings. The number of hydrogen-bond donors (Lipinski definition) is 0. The third-order valence-corrected chi connectivity index (χ3v) is 4.08. The van der Waals surface area contributed by atoms with Crippen molar-refractivity contribution in [2.75, 3.05) is 0 Å². The van der Waals surface area contributed by atoms with E-state index in [2.05, 4.69) is 31.2 Å². The zero-order chi connectivity index (χ0) is 13.1. The van der Waals surface area contributed by atoms with Crippen LogP contribution in [0.3, 0.4) is 0 Å². The molecule has 0 atom stereocenters. The van der Waals surface area contributed by atoms with Gasteiger partial charge in [0.25, 0.3) is 0 Å². The second-order valence-electron chi connectivity index (χ2n) is 4.94. The second kappa shape index (κ2) is 10.8. The maximum absolute atomic E-state index is 5.65. The van der Waals surface area contributed by atoms with E-state index >= 15 is 0 Å². The van der Waals surface area contributed by atoms with Crippen molar-refractivity contribution in [1.82, 2.24) is 0 Å². The largest absolute Gasteiger partial charge is 0.0654 e. The molecule has 0 aliphatic carbocycles. The van der Waals surface area contributed by atoms with Crippen LogP contribution in [0.25, 0.3) is 0 Å². The van der Waals surface area contributed by atoms with Crippen LogP contribution >= 0.6 is 21.7 Å². The van der Waals surface area contributed by atoms with Crippen molar-refractivity contribution in [3.05, 3.63) is 35.4 Å². The SMILES string of the molecule is CCCCCCCCCc1ccc(CSCl)cc1. The molecule has 18 heavy (non-hydrogen) atoms. The van der Waals surface area contributed by atoms with Crippen molar-refractivity contribution in [3.63, 3.8) is 0 Å². The van der Waals surface area contributed by atoms with Gasteiger partial charge >= 0.3 is 0 Å². The molecule has 0 unspecified atom stereocenters. The summed E-state index contributed by atoms with van der Waals surface area (Å²) in [4.78, 5) is 0. The fraction of sp³-hybridized carbons (Fsp3) is 0.625. The van der Waals surface area contributed by atoms with Crippen LogP contribution in [0.4, 0.5) is 0 Å².